The quantitative estimate of drug-likeness (QED) is 0.914. The van der Waals surface area contributed by atoms with Crippen LogP contribution in [-0.2, 0) is 11.3 Å². The van der Waals surface area contributed by atoms with E-state index < -0.39 is 0 Å². The SMILES string of the molecule is COCc1cccc(NC2=NC3(CCCC3)CS2)c1. The first-order chi connectivity index (χ1) is 9.30. The van der Waals surface area contributed by atoms with Crippen molar-refractivity contribution >= 4 is 22.6 Å². The van der Waals surface area contributed by atoms with Gasteiger partial charge in [-0.1, -0.05) is 36.7 Å². The van der Waals surface area contributed by atoms with Crippen molar-refractivity contribution < 1.29 is 4.74 Å². The first kappa shape index (κ1) is 13.0. The summed E-state index contributed by atoms with van der Waals surface area (Å²) in [4.78, 5) is 4.93. The Labute approximate surface area is 118 Å². The van der Waals surface area contributed by atoms with Crippen molar-refractivity contribution in [2.24, 2.45) is 4.99 Å². The van der Waals surface area contributed by atoms with Crippen molar-refractivity contribution in [1.29, 1.82) is 0 Å². The Hall–Kier alpha value is -1.00. The van der Waals surface area contributed by atoms with E-state index in [2.05, 4.69) is 29.6 Å². The van der Waals surface area contributed by atoms with E-state index in [0.29, 0.717) is 6.61 Å². The average Bonchev–Trinajstić information content (AvgIpc) is 3.02. The molecule has 1 aromatic rings. The Bertz CT molecular complexity index is 481. The molecule has 3 nitrogen and oxygen atoms in total. The predicted octanol–water partition coefficient (Wildman–Crippen LogP) is 3.66. The Balaban J connectivity index is 1.70. The van der Waals surface area contributed by atoms with Crippen molar-refractivity contribution in [3.8, 4) is 0 Å². The molecule has 1 aromatic carbocycles. The van der Waals surface area contributed by atoms with Gasteiger partial charge in [-0.15, -0.1) is 0 Å². The number of rotatable bonds is 3. The second-order valence-electron chi connectivity index (χ2n) is 5.40. The molecule has 0 aromatic heterocycles. The summed E-state index contributed by atoms with van der Waals surface area (Å²) in [5.41, 5.74) is 2.54. The third-order valence-electron chi connectivity index (χ3n) is 3.84. The Morgan fingerprint density at radius 1 is 1.37 bits per heavy atom. The number of hydrogen-bond donors (Lipinski definition) is 1. The number of nitrogens with zero attached hydrogens (tertiary/aromatic N) is 1. The van der Waals surface area contributed by atoms with Crippen LogP contribution in [-0.4, -0.2) is 23.6 Å². The van der Waals surface area contributed by atoms with Crippen LogP contribution in [0.1, 0.15) is 31.2 Å². The van der Waals surface area contributed by atoms with Crippen LogP contribution in [0.15, 0.2) is 29.3 Å². The van der Waals surface area contributed by atoms with E-state index in [9.17, 15) is 0 Å². The lowest BCUT2D eigenvalue weighted by molar-refractivity contribution is 0.185. The first-order valence-electron chi connectivity index (χ1n) is 6.87. The normalized spacial score (nSPS) is 20.8. The van der Waals surface area contributed by atoms with Crippen molar-refractivity contribution in [1.82, 2.24) is 0 Å². The number of hydrogen-bond acceptors (Lipinski definition) is 4. The third-order valence-corrected chi connectivity index (χ3v) is 4.99. The van der Waals surface area contributed by atoms with Crippen LogP contribution in [0, 0.1) is 0 Å². The number of nitrogens with one attached hydrogen (secondary N) is 1. The highest BCUT2D eigenvalue weighted by atomic mass is 32.2. The molecule has 0 unspecified atom stereocenters. The third kappa shape index (κ3) is 2.95. The molecule has 1 N–H and O–H groups in total. The van der Waals surface area contributed by atoms with E-state index in [1.807, 2.05) is 11.8 Å². The fraction of sp³-hybridized carbons (Fsp3) is 0.533. The van der Waals surface area contributed by atoms with Gasteiger partial charge in [0.1, 0.15) is 0 Å². The number of anilines is 1. The molecule has 0 bridgehead atoms. The van der Waals surface area contributed by atoms with Crippen LogP contribution in [0.3, 0.4) is 0 Å². The minimum Gasteiger partial charge on any atom is -0.380 e. The van der Waals surface area contributed by atoms with Gasteiger partial charge in [0.15, 0.2) is 5.17 Å². The molecule has 0 saturated heterocycles. The van der Waals surface area contributed by atoms with Gasteiger partial charge in [-0.05, 0) is 30.5 Å². The number of amidine groups is 1. The molecule has 102 valence electrons. The van der Waals surface area contributed by atoms with Crippen LogP contribution >= 0.6 is 11.8 Å². The molecule has 3 rings (SSSR count). The second kappa shape index (κ2) is 5.55. The summed E-state index contributed by atoms with van der Waals surface area (Å²) in [6.45, 7) is 0.652. The van der Waals surface area contributed by atoms with Gasteiger partial charge in [0.05, 0.1) is 12.1 Å². The Kier molecular flexibility index (Phi) is 3.80. The maximum atomic E-state index is 5.17. The van der Waals surface area contributed by atoms with E-state index in [1.165, 1.54) is 31.2 Å². The molecule has 0 atom stereocenters. The number of thioether (sulfide) groups is 1. The molecule has 1 fully saturated rings. The van der Waals surface area contributed by atoms with E-state index >= 15 is 0 Å². The molecule has 1 heterocycles. The van der Waals surface area contributed by atoms with Gasteiger partial charge < -0.3 is 10.1 Å². The zero-order valence-corrected chi connectivity index (χ0v) is 12.1. The highest BCUT2D eigenvalue weighted by molar-refractivity contribution is 8.14. The smallest absolute Gasteiger partial charge is 0.161 e. The molecular formula is C15H20N2OS. The molecule has 1 aliphatic carbocycles. The van der Waals surface area contributed by atoms with Crippen LogP contribution in [0.5, 0.6) is 0 Å². The lowest BCUT2D eigenvalue weighted by Gasteiger charge is -2.16. The minimum absolute atomic E-state index is 0.247. The Morgan fingerprint density at radius 2 is 2.21 bits per heavy atom. The monoisotopic (exact) mass is 276 g/mol. The number of ether oxygens (including phenoxy) is 1. The fourth-order valence-electron chi connectivity index (χ4n) is 2.86. The van der Waals surface area contributed by atoms with Crippen LogP contribution < -0.4 is 5.32 Å². The first-order valence-corrected chi connectivity index (χ1v) is 7.86. The summed E-state index contributed by atoms with van der Waals surface area (Å²) in [6, 6.07) is 8.35. The largest absolute Gasteiger partial charge is 0.380 e. The van der Waals surface area contributed by atoms with E-state index in [-0.39, 0.29) is 5.54 Å². The van der Waals surface area contributed by atoms with Crippen LogP contribution in [0.25, 0.3) is 0 Å². The maximum Gasteiger partial charge on any atom is 0.161 e. The predicted molar refractivity (Wildman–Crippen MR) is 81.9 cm³/mol. The van der Waals surface area contributed by atoms with Crippen molar-refractivity contribution in [2.75, 3.05) is 18.2 Å². The Morgan fingerprint density at radius 3 is 3.00 bits per heavy atom. The molecule has 0 amide bonds. The van der Waals surface area contributed by atoms with Gasteiger partial charge in [0.25, 0.3) is 0 Å². The molecular weight excluding hydrogens is 256 g/mol. The molecule has 2 aliphatic rings. The summed E-state index contributed by atoms with van der Waals surface area (Å²) >= 11 is 1.86. The molecule has 1 saturated carbocycles. The van der Waals surface area contributed by atoms with Crippen LogP contribution in [0.4, 0.5) is 5.69 Å². The maximum absolute atomic E-state index is 5.17. The standard InChI is InChI=1S/C15H20N2OS/c1-18-10-12-5-4-6-13(9-12)16-14-17-15(11-19-14)7-2-3-8-15/h4-6,9H,2-3,7-8,10-11H2,1H3,(H,16,17). The number of methoxy groups -OCH3 is 1. The van der Waals surface area contributed by atoms with Gasteiger partial charge in [0, 0.05) is 18.6 Å². The number of benzene rings is 1. The summed E-state index contributed by atoms with van der Waals surface area (Å²) in [6.07, 6.45) is 5.19. The van der Waals surface area contributed by atoms with E-state index in [0.717, 1.165) is 16.6 Å². The highest BCUT2D eigenvalue weighted by Crippen LogP contribution is 2.41. The minimum atomic E-state index is 0.247. The summed E-state index contributed by atoms with van der Waals surface area (Å²) < 4.78 is 5.17. The number of aliphatic imine (C=N–C) groups is 1. The van der Waals surface area contributed by atoms with Crippen molar-refractivity contribution in [2.45, 2.75) is 37.8 Å². The second-order valence-corrected chi connectivity index (χ2v) is 6.36. The highest BCUT2D eigenvalue weighted by Gasteiger charge is 2.38. The fourth-order valence-corrected chi connectivity index (χ4v) is 4.07. The van der Waals surface area contributed by atoms with Crippen molar-refractivity contribution in [3.05, 3.63) is 29.8 Å². The van der Waals surface area contributed by atoms with Gasteiger partial charge in [-0.3, -0.25) is 4.99 Å². The summed E-state index contributed by atoms with van der Waals surface area (Å²) in [5, 5.41) is 4.53. The van der Waals surface area contributed by atoms with Gasteiger partial charge in [-0.2, -0.15) is 0 Å². The lowest BCUT2D eigenvalue weighted by Crippen LogP contribution is -2.21. The van der Waals surface area contributed by atoms with Gasteiger partial charge in [0.2, 0.25) is 0 Å². The van der Waals surface area contributed by atoms with Gasteiger partial charge >= 0.3 is 0 Å². The van der Waals surface area contributed by atoms with Gasteiger partial charge in [-0.25, -0.2) is 0 Å². The van der Waals surface area contributed by atoms with E-state index in [4.69, 9.17) is 9.73 Å². The van der Waals surface area contributed by atoms with Crippen LogP contribution in [0.2, 0.25) is 0 Å². The summed E-state index contributed by atoms with van der Waals surface area (Å²) in [5.74, 6) is 1.15. The molecule has 1 aliphatic heterocycles. The molecule has 0 radical (unpaired) electrons. The zero-order valence-electron chi connectivity index (χ0n) is 11.3. The molecule has 19 heavy (non-hydrogen) atoms. The lowest BCUT2D eigenvalue weighted by atomic mass is 10.0. The molecule has 1 spiro atoms. The summed E-state index contributed by atoms with van der Waals surface area (Å²) in [7, 11) is 1.72. The van der Waals surface area contributed by atoms with E-state index in [1.54, 1.807) is 7.11 Å². The average molecular weight is 276 g/mol. The molecule has 4 heteroatoms. The topological polar surface area (TPSA) is 33.6 Å². The zero-order chi connectivity index (χ0) is 13.1. The van der Waals surface area contributed by atoms with Crippen molar-refractivity contribution in [3.63, 3.8) is 0 Å².